The van der Waals surface area contributed by atoms with E-state index in [0.29, 0.717) is 6.54 Å². The molecule has 2 N–H and O–H groups in total. The van der Waals surface area contributed by atoms with Crippen molar-refractivity contribution in [2.45, 2.75) is 52.4 Å². The average Bonchev–Trinajstić information content (AvgIpc) is 2.72. The second kappa shape index (κ2) is 8.74. The third-order valence-corrected chi connectivity index (χ3v) is 4.40. The molecule has 1 heterocycles. The molecule has 0 radical (unpaired) electrons. The fourth-order valence-electron chi connectivity index (χ4n) is 1.97. The van der Waals surface area contributed by atoms with Crippen LogP contribution in [0, 0.1) is 13.8 Å². The Balaban J connectivity index is 2.08. The molecule has 0 saturated carbocycles. The maximum atomic E-state index is 11.9. The molecule has 0 aliphatic rings. The number of nitrogens with one attached hydrogen (secondary N) is 1. The minimum Gasteiger partial charge on any atom is -0.481 e. The first-order valence-electron chi connectivity index (χ1n) is 7.07. The van der Waals surface area contributed by atoms with Crippen LogP contribution in [-0.4, -0.2) is 23.5 Å². The number of carbonyl (C=O) groups is 2. The van der Waals surface area contributed by atoms with Crippen LogP contribution in [0.5, 0.6) is 0 Å². The van der Waals surface area contributed by atoms with Crippen LogP contribution in [-0.2, 0) is 4.79 Å². The first-order chi connectivity index (χ1) is 9.52. The molecule has 0 atom stereocenters. The number of hydrogen-bond donors (Lipinski definition) is 2. The number of aliphatic carboxylic acids is 1. The third kappa shape index (κ3) is 5.74. The van der Waals surface area contributed by atoms with Crippen LogP contribution in [0.25, 0.3) is 0 Å². The molecular formula is C15H23NO3S. The van der Waals surface area contributed by atoms with Crippen LogP contribution < -0.4 is 5.32 Å². The van der Waals surface area contributed by atoms with Crippen molar-refractivity contribution in [2.75, 3.05) is 6.54 Å². The molecule has 0 aliphatic heterocycles. The van der Waals surface area contributed by atoms with E-state index in [0.717, 1.165) is 43.2 Å². The molecule has 4 nitrogen and oxygen atoms in total. The van der Waals surface area contributed by atoms with Crippen molar-refractivity contribution in [1.29, 1.82) is 0 Å². The Bertz CT molecular complexity index is 454. The van der Waals surface area contributed by atoms with Crippen LogP contribution in [0.3, 0.4) is 0 Å². The van der Waals surface area contributed by atoms with E-state index >= 15 is 0 Å². The molecule has 0 bridgehead atoms. The topological polar surface area (TPSA) is 66.4 Å². The summed E-state index contributed by atoms with van der Waals surface area (Å²) in [5.74, 6) is -0.712. The van der Waals surface area contributed by atoms with Crippen molar-refractivity contribution < 1.29 is 14.7 Å². The highest BCUT2D eigenvalue weighted by Gasteiger charge is 2.11. The highest BCUT2D eigenvalue weighted by Crippen LogP contribution is 2.20. The summed E-state index contributed by atoms with van der Waals surface area (Å²) in [7, 11) is 0. The number of unbranched alkanes of at least 4 members (excludes halogenated alkanes) is 4. The van der Waals surface area contributed by atoms with Gasteiger partial charge in [-0.3, -0.25) is 9.59 Å². The monoisotopic (exact) mass is 297 g/mol. The van der Waals surface area contributed by atoms with Crippen LogP contribution >= 0.6 is 11.3 Å². The number of carboxylic acid groups (broad SMARTS) is 1. The van der Waals surface area contributed by atoms with E-state index in [-0.39, 0.29) is 12.3 Å². The number of hydrogen-bond acceptors (Lipinski definition) is 3. The molecule has 1 rings (SSSR count). The zero-order chi connectivity index (χ0) is 15.0. The molecule has 1 amide bonds. The standard InChI is InChI=1S/C15H23NO3S/c1-11-12(2)20-10-13(11)15(19)16-9-7-5-3-4-6-8-14(17)18/h10H,3-9H2,1-2H3,(H,16,19)(H,17,18). The van der Waals surface area contributed by atoms with Gasteiger partial charge in [-0.1, -0.05) is 19.3 Å². The summed E-state index contributed by atoms with van der Waals surface area (Å²) in [6.07, 6.45) is 4.95. The van der Waals surface area contributed by atoms with Gasteiger partial charge in [-0.15, -0.1) is 11.3 Å². The van der Waals surface area contributed by atoms with Crippen molar-refractivity contribution in [3.8, 4) is 0 Å². The van der Waals surface area contributed by atoms with Gasteiger partial charge in [-0.25, -0.2) is 0 Å². The quantitative estimate of drug-likeness (QED) is 0.685. The maximum absolute atomic E-state index is 11.9. The lowest BCUT2D eigenvalue weighted by Crippen LogP contribution is -2.24. The van der Waals surface area contributed by atoms with Crippen molar-refractivity contribution in [1.82, 2.24) is 5.32 Å². The summed E-state index contributed by atoms with van der Waals surface area (Å²) in [6.45, 7) is 4.68. The van der Waals surface area contributed by atoms with Gasteiger partial charge in [0.2, 0.25) is 0 Å². The molecule has 0 saturated heterocycles. The fourth-order valence-corrected chi connectivity index (χ4v) is 2.83. The van der Waals surface area contributed by atoms with Gasteiger partial charge in [0.1, 0.15) is 0 Å². The van der Waals surface area contributed by atoms with E-state index in [1.54, 1.807) is 11.3 Å². The minimum atomic E-state index is -0.723. The first-order valence-corrected chi connectivity index (χ1v) is 7.95. The summed E-state index contributed by atoms with van der Waals surface area (Å²) in [5.41, 5.74) is 1.86. The molecule has 0 aromatic carbocycles. The lowest BCUT2D eigenvalue weighted by molar-refractivity contribution is -0.137. The Labute approximate surface area is 124 Å². The van der Waals surface area contributed by atoms with E-state index in [1.807, 2.05) is 19.2 Å². The molecule has 112 valence electrons. The second-order valence-corrected chi connectivity index (χ2v) is 6.08. The molecule has 0 fully saturated rings. The Morgan fingerprint density at radius 1 is 1.15 bits per heavy atom. The van der Waals surface area contributed by atoms with Crippen molar-refractivity contribution in [2.24, 2.45) is 0 Å². The summed E-state index contributed by atoms with van der Waals surface area (Å²) in [4.78, 5) is 23.4. The fraction of sp³-hybridized carbons (Fsp3) is 0.600. The Morgan fingerprint density at radius 2 is 1.80 bits per heavy atom. The van der Waals surface area contributed by atoms with Gasteiger partial charge in [0.15, 0.2) is 0 Å². The van der Waals surface area contributed by atoms with Crippen LogP contribution in [0.2, 0.25) is 0 Å². The molecule has 0 aliphatic carbocycles. The summed E-state index contributed by atoms with van der Waals surface area (Å²) < 4.78 is 0. The van der Waals surface area contributed by atoms with Gasteiger partial charge in [0.25, 0.3) is 5.91 Å². The molecule has 1 aromatic heterocycles. The third-order valence-electron chi connectivity index (χ3n) is 3.38. The zero-order valence-electron chi connectivity index (χ0n) is 12.2. The summed E-state index contributed by atoms with van der Waals surface area (Å²) >= 11 is 1.61. The number of carboxylic acids is 1. The van der Waals surface area contributed by atoms with E-state index < -0.39 is 5.97 Å². The smallest absolute Gasteiger partial charge is 0.303 e. The van der Waals surface area contributed by atoms with Crippen molar-refractivity contribution >= 4 is 23.2 Å². The largest absolute Gasteiger partial charge is 0.481 e. The molecule has 0 unspecified atom stereocenters. The lowest BCUT2D eigenvalue weighted by Gasteiger charge is -2.05. The van der Waals surface area contributed by atoms with E-state index in [1.165, 1.54) is 4.88 Å². The number of amides is 1. The lowest BCUT2D eigenvalue weighted by atomic mass is 10.1. The predicted molar refractivity (Wildman–Crippen MR) is 81.5 cm³/mol. The molecule has 1 aromatic rings. The number of thiophene rings is 1. The molecule has 0 spiro atoms. The second-order valence-electron chi connectivity index (χ2n) is 5.00. The predicted octanol–water partition coefficient (Wildman–Crippen LogP) is 3.52. The highest BCUT2D eigenvalue weighted by molar-refractivity contribution is 7.10. The van der Waals surface area contributed by atoms with Crippen LogP contribution in [0.15, 0.2) is 5.38 Å². The molecule has 5 heteroatoms. The summed E-state index contributed by atoms with van der Waals surface area (Å²) in [6, 6.07) is 0. The summed E-state index contributed by atoms with van der Waals surface area (Å²) in [5, 5.41) is 13.3. The van der Waals surface area contributed by atoms with Crippen LogP contribution in [0.1, 0.15) is 59.3 Å². The SMILES string of the molecule is Cc1scc(C(=O)NCCCCCCCC(=O)O)c1C. The maximum Gasteiger partial charge on any atom is 0.303 e. The van der Waals surface area contributed by atoms with E-state index in [9.17, 15) is 9.59 Å². The molecular weight excluding hydrogens is 274 g/mol. The zero-order valence-corrected chi connectivity index (χ0v) is 13.0. The number of aryl methyl sites for hydroxylation is 1. The number of rotatable bonds is 9. The highest BCUT2D eigenvalue weighted by atomic mass is 32.1. The van der Waals surface area contributed by atoms with Gasteiger partial charge in [0.05, 0.1) is 5.56 Å². The average molecular weight is 297 g/mol. The normalized spacial score (nSPS) is 10.5. The van der Waals surface area contributed by atoms with Gasteiger partial charge < -0.3 is 10.4 Å². The van der Waals surface area contributed by atoms with Gasteiger partial charge in [-0.05, 0) is 32.3 Å². The van der Waals surface area contributed by atoms with Gasteiger partial charge >= 0.3 is 5.97 Å². The van der Waals surface area contributed by atoms with E-state index in [4.69, 9.17) is 5.11 Å². The van der Waals surface area contributed by atoms with Crippen LogP contribution in [0.4, 0.5) is 0 Å². The Hall–Kier alpha value is -1.36. The van der Waals surface area contributed by atoms with Crippen molar-refractivity contribution in [3.05, 3.63) is 21.4 Å². The van der Waals surface area contributed by atoms with Gasteiger partial charge in [-0.2, -0.15) is 0 Å². The molecule has 20 heavy (non-hydrogen) atoms. The Morgan fingerprint density at radius 3 is 2.40 bits per heavy atom. The number of carbonyl (C=O) groups excluding carboxylic acids is 1. The van der Waals surface area contributed by atoms with Gasteiger partial charge in [0, 0.05) is 23.2 Å². The van der Waals surface area contributed by atoms with Crippen molar-refractivity contribution in [3.63, 3.8) is 0 Å². The minimum absolute atomic E-state index is 0.0118. The first kappa shape index (κ1) is 16.7. The van der Waals surface area contributed by atoms with E-state index in [2.05, 4.69) is 5.32 Å². The Kier molecular flexibility index (Phi) is 7.30.